The number of hydrogen-bond donors (Lipinski definition) is 1. The first-order valence-corrected chi connectivity index (χ1v) is 8.20. The molecule has 0 saturated heterocycles. The maximum absolute atomic E-state index is 12.5. The molecule has 0 aliphatic carbocycles. The van der Waals surface area contributed by atoms with E-state index in [9.17, 15) is 14.9 Å². The van der Waals surface area contributed by atoms with E-state index < -0.39 is 17.6 Å². The molecule has 124 valence electrons. The average molecular weight is 343 g/mol. The van der Waals surface area contributed by atoms with Crippen LogP contribution >= 0.6 is 11.3 Å². The molecule has 0 bridgehead atoms. The fourth-order valence-corrected chi connectivity index (χ4v) is 3.07. The van der Waals surface area contributed by atoms with Crippen LogP contribution in [0.4, 0.5) is 5.69 Å². The van der Waals surface area contributed by atoms with Gasteiger partial charge in [-0.25, -0.2) is 4.98 Å². The first-order chi connectivity index (χ1) is 11.5. The number of amides is 1. The summed E-state index contributed by atoms with van der Waals surface area (Å²) in [6.45, 7) is 5.73. The minimum atomic E-state index is -1.43. The number of ketones is 1. The smallest absolute Gasteiger partial charge is 0.249 e. The summed E-state index contributed by atoms with van der Waals surface area (Å²) in [5, 5.41) is 12.6. The van der Waals surface area contributed by atoms with Crippen molar-refractivity contribution in [1.82, 2.24) is 4.98 Å². The van der Waals surface area contributed by atoms with Crippen molar-refractivity contribution in [3.63, 3.8) is 0 Å². The highest BCUT2D eigenvalue weighted by molar-refractivity contribution is 7.13. The van der Waals surface area contributed by atoms with Gasteiger partial charge < -0.3 is 10.1 Å². The van der Waals surface area contributed by atoms with Crippen LogP contribution in [0, 0.1) is 31.1 Å². The normalized spacial score (nSPS) is 11.4. The van der Waals surface area contributed by atoms with Crippen molar-refractivity contribution < 1.29 is 14.3 Å². The molecule has 1 N–H and O–H groups in total. The number of thiazole rings is 1. The van der Waals surface area contributed by atoms with E-state index in [1.807, 2.05) is 6.92 Å². The van der Waals surface area contributed by atoms with Gasteiger partial charge in [0.1, 0.15) is 5.75 Å². The number of nitriles is 1. The molecule has 1 atom stereocenters. The van der Waals surface area contributed by atoms with Crippen LogP contribution in [0.5, 0.6) is 5.75 Å². The largest absolute Gasteiger partial charge is 0.492 e. The van der Waals surface area contributed by atoms with Gasteiger partial charge in [-0.15, -0.1) is 11.3 Å². The van der Waals surface area contributed by atoms with Crippen molar-refractivity contribution in [2.45, 2.75) is 20.8 Å². The molecule has 0 fully saturated rings. The second kappa shape index (κ2) is 7.70. The van der Waals surface area contributed by atoms with Crippen LogP contribution in [0.1, 0.15) is 27.3 Å². The van der Waals surface area contributed by atoms with Crippen molar-refractivity contribution in [1.29, 1.82) is 5.26 Å². The van der Waals surface area contributed by atoms with Crippen LogP contribution in [-0.4, -0.2) is 23.3 Å². The summed E-state index contributed by atoms with van der Waals surface area (Å²) in [5.74, 6) is -2.16. The summed E-state index contributed by atoms with van der Waals surface area (Å²) in [6, 6.07) is 8.66. The van der Waals surface area contributed by atoms with Gasteiger partial charge in [0.05, 0.1) is 33.9 Å². The Morgan fingerprint density at radius 3 is 2.67 bits per heavy atom. The second-order valence-corrected chi connectivity index (χ2v) is 6.20. The summed E-state index contributed by atoms with van der Waals surface area (Å²) < 4.78 is 5.43. The number of rotatable bonds is 6. The molecule has 6 nitrogen and oxygen atoms in total. The van der Waals surface area contributed by atoms with Gasteiger partial charge in [-0.05, 0) is 32.9 Å². The molecule has 0 spiro atoms. The number of ether oxygens (including phenoxy) is 1. The lowest BCUT2D eigenvalue weighted by atomic mass is 10.0. The summed E-state index contributed by atoms with van der Waals surface area (Å²) >= 11 is 1.18. The molecular formula is C17H17N3O3S. The van der Waals surface area contributed by atoms with Gasteiger partial charge in [0.25, 0.3) is 0 Å². The minimum Gasteiger partial charge on any atom is -0.492 e. The van der Waals surface area contributed by atoms with Gasteiger partial charge in [0.2, 0.25) is 11.7 Å². The molecule has 0 aliphatic heterocycles. The summed E-state index contributed by atoms with van der Waals surface area (Å²) in [7, 11) is 0. The number of carbonyl (C=O) groups is 2. The Morgan fingerprint density at radius 1 is 1.38 bits per heavy atom. The van der Waals surface area contributed by atoms with Crippen molar-refractivity contribution >= 4 is 28.7 Å². The number of aryl methyl sites for hydroxylation is 2. The van der Waals surface area contributed by atoms with E-state index >= 15 is 0 Å². The molecule has 0 saturated carbocycles. The van der Waals surface area contributed by atoms with Crippen LogP contribution in [0.3, 0.4) is 0 Å². The number of Topliss-reactive ketones (excluding diaryl/α,β-unsaturated/α-hetero) is 1. The van der Waals surface area contributed by atoms with Gasteiger partial charge in [-0.2, -0.15) is 5.26 Å². The number of hydrogen-bond acceptors (Lipinski definition) is 6. The number of nitrogens with one attached hydrogen (secondary N) is 1. The summed E-state index contributed by atoms with van der Waals surface area (Å²) in [5.41, 5.74) is 0.958. The predicted molar refractivity (Wildman–Crippen MR) is 91.3 cm³/mol. The highest BCUT2D eigenvalue weighted by Crippen LogP contribution is 2.26. The lowest BCUT2D eigenvalue weighted by Gasteiger charge is -2.13. The molecule has 1 aromatic heterocycles. The molecule has 2 aromatic rings. The van der Waals surface area contributed by atoms with Crippen LogP contribution in [0.15, 0.2) is 24.3 Å². The molecule has 0 radical (unpaired) electrons. The second-order valence-electron chi connectivity index (χ2n) is 4.99. The van der Waals surface area contributed by atoms with Crippen molar-refractivity contribution in [2.24, 2.45) is 5.92 Å². The summed E-state index contributed by atoms with van der Waals surface area (Å²) in [6.07, 6.45) is 0. The van der Waals surface area contributed by atoms with E-state index in [1.165, 1.54) is 11.3 Å². The van der Waals surface area contributed by atoms with Gasteiger partial charge in [-0.3, -0.25) is 9.59 Å². The lowest BCUT2D eigenvalue weighted by Crippen LogP contribution is -2.28. The Balaban J connectivity index is 2.23. The molecule has 7 heteroatoms. The third-order valence-corrected chi connectivity index (χ3v) is 4.31. The van der Waals surface area contributed by atoms with E-state index in [0.29, 0.717) is 28.6 Å². The number of carbonyl (C=O) groups excluding carboxylic acids is 2. The average Bonchev–Trinajstić information content (AvgIpc) is 2.88. The minimum absolute atomic E-state index is 0.340. The van der Waals surface area contributed by atoms with Gasteiger partial charge in [0.15, 0.2) is 5.92 Å². The molecule has 1 unspecified atom stereocenters. The molecule has 0 aliphatic rings. The van der Waals surface area contributed by atoms with Crippen molar-refractivity contribution in [3.8, 4) is 11.8 Å². The van der Waals surface area contributed by atoms with Gasteiger partial charge in [-0.1, -0.05) is 12.1 Å². The van der Waals surface area contributed by atoms with Crippen LogP contribution in [-0.2, 0) is 4.79 Å². The number of para-hydroxylation sites is 2. The number of nitrogens with zero attached hydrogens (tertiary/aromatic N) is 2. The fraction of sp³-hybridized carbons (Fsp3) is 0.294. The number of aromatic nitrogens is 1. The standard InChI is InChI=1S/C17H17N3O3S/c1-4-23-14-8-6-5-7-13(14)20-17(22)12(9-18)15(21)16-10(2)19-11(3)24-16/h5-8,12H,4H2,1-3H3,(H,20,22). The zero-order valence-corrected chi connectivity index (χ0v) is 14.4. The Kier molecular flexibility index (Phi) is 5.66. The third-order valence-electron chi connectivity index (χ3n) is 3.23. The Hall–Kier alpha value is -2.72. The Bertz CT molecular complexity index is 808. The number of benzene rings is 1. The predicted octanol–water partition coefficient (Wildman–Crippen LogP) is 3.12. The number of anilines is 1. The summed E-state index contributed by atoms with van der Waals surface area (Å²) in [4.78, 5) is 29.4. The van der Waals surface area contributed by atoms with Crippen LogP contribution in [0.2, 0.25) is 0 Å². The first-order valence-electron chi connectivity index (χ1n) is 7.38. The Morgan fingerprint density at radius 2 is 2.08 bits per heavy atom. The molecular weight excluding hydrogens is 326 g/mol. The van der Waals surface area contributed by atoms with Gasteiger partial charge >= 0.3 is 0 Å². The molecule has 24 heavy (non-hydrogen) atoms. The monoisotopic (exact) mass is 343 g/mol. The van der Waals surface area contributed by atoms with Crippen LogP contribution in [0.25, 0.3) is 0 Å². The van der Waals surface area contributed by atoms with E-state index in [1.54, 1.807) is 44.2 Å². The first kappa shape index (κ1) is 17.6. The highest BCUT2D eigenvalue weighted by atomic mass is 32.1. The van der Waals surface area contributed by atoms with E-state index in [4.69, 9.17) is 4.74 Å². The third kappa shape index (κ3) is 3.78. The molecule has 2 rings (SSSR count). The van der Waals surface area contributed by atoms with Crippen molar-refractivity contribution in [2.75, 3.05) is 11.9 Å². The topological polar surface area (TPSA) is 92.1 Å². The van der Waals surface area contributed by atoms with E-state index in [0.717, 1.165) is 5.01 Å². The van der Waals surface area contributed by atoms with E-state index in [2.05, 4.69) is 10.3 Å². The van der Waals surface area contributed by atoms with Gasteiger partial charge in [0, 0.05) is 0 Å². The zero-order valence-electron chi connectivity index (χ0n) is 13.6. The highest BCUT2D eigenvalue weighted by Gasteiger charge is 2.30. The lowest BCUT2D eigenvalue weighted by molar-refractivity contribution is -0.117. The van der Waals surface area contributed by atoms with Crippen molar-refractivity contribution in [3.05, 3.63) is 39.8 Å². The fourth-order valence-electron chi connectivity index (χ4n) is 2.18. The maximum atomic E-state index is 12.5. The molecule has 1 amide bonds. The zero-order chi connectivity index (χ0) is 17.7. The molecule has 1 heterocycles. The van der Waals surface area contributed by atoms with Crippen LogP contribution < -0.4 is 10.1 Å². The Labute approximate surface area is 144 Å². The quantitative estimate of drug-likeness (QED) is 0.642. The maximum Gasteiger partial charge on any atom is 0.249 e. The SMILES string of the molecule is CCOc1ccccc1NC(=O)C(C#N)C(=O)c1sc(C)nc1C. The van der Waals surface area contributed by atoms with E-state index in [-0.39, 0.29) is 0 Å². The molecule has 1 aromatic carbocycles.